The van der Waals surface area contributed by atoms with Gasteiger partial charge in [-0.2, -0.15) is 0 Å². The number of aromatic carboxylic acids is 1. The van der Waals surface area contributed by atoms with E-state index in [2.05, 4.69) is 13.8 Å². The van der Waals surface area contributed by atoms with E-state index >= 15 is 0 Å². The molecule has 0 saturated heterocycles. The molecule has 0 aliphatic carbocycles. The van der Waals surface area contributed by atoms with Gasteiger partial charge in [-0.05, 0) is 30.0 Å². The average molecular weight is 263 g/mol. The van der Waals surface area contributed by atoms with E-state index in [1.165, 1.54) is 0 Å². The molecule has 1 N–H and O–H groups in total. The summed E-state index contributed by atoms with van der Waals surface area (Å²) in [5, 5.41) is 8.79. The molecule has 0 fully saturated rings. The van der Waals surface area contributed by atoms with Crippen molar-refractivity contribution in [1.29, 1.82) is 0 Å². The molecular weight excluding hydrogens is 242 g/mol. The summed E-state index contributed by atoms with van der Waals surface area (Å²) in [5.74, 6) is -0.348. The number of carbonyl (C=O) groups is 2. The standard InChI is InChI=1S/C15H21NO3/c1-11(2)10-16(3)14(17)9-6-12-4-7-13(8-5-12)15(18)19/h4-5,7-8,11H,6,9-10H2,1-3H3,(H,18,19). The van der Waals surface area contributed by atoms with Gasteiger partial charge in [0.1, 0.15) is 0 Å². The van der Waals surface area contributed by atoms with Gasteiger partial charge in [-0.1, -0.05) is 26.0 Å². The van der Waals surface area contributed by atoms with Crippen molar-refractivity contribution in [2.75, 3.05) is 13.6 Å². The van der Waals surface area contributed by atoms with Crippen molar-refractivity contribution < 1.29 is 14.7 Å². The molecule has 1 rings (SSSR count). The first-order chi connectivity index (χ1) is 8.90. The number of benzene rings is 1. The predicted octanol–water partition coefficient (Wildman–Crippen LogP) is 2.43. The minimum absolute atomic E-state index is 0.121. The molecule has 0 aliphatic heterocycles. The van der Waals surface area contributed by atoms with Crippen LogP contribution in [-0.2, 0) is 11.2 Å². The van der Waals surface area contributed by atoms with Crippen molar-refractivity contribution in [1.82, 2.24) is 4.90 Å². The third kappa shape index (κ3) is 5.12. The van der Waals surface area contributed by atoms with Crippen LogP contribution in [0.4, 0.5) is 0 Å². The first-order valence-corrected chi connectivity index (χ1v) is 6.46. The first-order valence-electron chi connectivity index (χ1n) is 6.46. The van der Waals surface area contributed by atoms with Crippen LogP contribution >= 0.6 is 0 Å². The van der Waals surface area contributed by atoms with E-state index in [0.29, 0.717) is 18.8 Å². The number of aryl methyl sites for hydroxylation is 1. The van der Waals surface area contributed by atoms with Crippen LogP contribution in [-0.4, -0.2) is 35.5 Å². The van der Waals surface area contributed by atoms with E-state index in [4.69, 9.17) is 5.11 Å². The Kier molecular flexibility index (Phi) is 5.55. The van der Waals surface area contributed by atoms with Crippen molar-refractivity contribution in [2.45, 2.75) is 26.7 Å². The monoisotopic (exact) mass is 263 g/mol. The lowest BCUT2D eigenvalue weighted by Gasteiger charge is -2.19. The summed E-state index contributed by atoms with van der Waals surface area (Å²) < 4.78 is 0. The molecular formula is C15H21NO3. The highest BCUT2D eigenvalue weighted by atomic mass is 16.4. The summed E-state index contributed by atoms with van der Waals surface area (Å²) in [6.45, 7) is 4.92. The summed E-state index contributed by atoms with van der Waals surface area (Å²) in [6.07, 6.45) is 1.09. The lowest BCUT2D eigenvalue weighted by molar-refractivity contribution is -0.130. The third-order valence-corrected chi connectivity index (χ3v) is 2.89. The van der Waals surface area contributed by atoms with Gasteiger partial charge in [-0.3, -0.25) is 4.79 Å². The van der Waals surface area contributed by atoms with E-state index in [1.807, 2.05) is 7.05 Å². The van der Waals surface area contributed by atoms with Gasteiger partial charge in [-0.15, -0.1) is 0 Å². The van der Waals surface area contributed by atoms with Crippen molar-refractivity contribution in [3.63, 3.8) is 0 Å². The largest absolute Gasteiger partial charge is 0.478 e. The van der Waals surface area contributed by atoms with Gasteiger partial charge < -0.3 is 10.0 Å². The van der Waals surface area contributed by atoms with Gasteiger partial charge in [0.15, 0.2) is 0 Å². The Morgan fingerprint density at radius 2 is 1.79 bits per heavy atom. The summed E-state index contributed by atoms with van der Waals surface area (Å²) >= 11 is 0. The van der Waals surface area contributed by atoms with Crippen LogP contribution in [0, 0.1) is 5.92 Å². The predicted molar refractivity (Wildman–Crippen MR) is 74.2 cm³/mol. The maximum Gasteiger partial charge on any atom is 0.335 e. The Bertz CT molecular complexity index is 437. The number of rotatable bonds is 6. The molecule has 0 aliphatic rings. The fraction of sp³-hybridized carbons (Fsp3) is 0.467. The second kappa shape index (κ2) is 6.92. The zero-order valence-corrected chi connectivity index (χ0v) is 11.7. The highest BCUT2D eigenvalue weighted by Gasteiger charge is 2.10. The molecule has 1 amide bonds. The minimum atomic E-state index is -0.931. The van der Waals surface area contributed by atoms with Gasteiger partial charge in [0.25, 0.3) is 0 Å². The SMILES string of the molecule is CC(C)CN(C)C(=O)CCc1ccc(C(=O)O)cc1. The third-order valence-electron chi connectivity index (χ3n) is 2.89. The molecule has 0 spiro atoms. The molecule has 0 bridgehead atoms. The number of carboxylic acid groups (broad SMARTS) is 1. The van der Waals surface area contributed by atoms with Crippen LogP contribution in [0.2, 0.25) is 0 Å². The molecule has 4 nitrogen and oxygen atoms in total. The molecule has 0 radical (unpaired) electrons. The highest BCUT2D eigenvalue weighted by molar-refractivity contribution is 5.87. The maximum absolute atomic E-state index is 11.9. The van der Waals surface area contributed by atoms with E-state index in [0.717, 1.165) is 12.1 Å². The number of hydrogen-bond acceptors (Lipinski definition) is 2. The Morgan fingerprint density at radius 3 is 2.26 bits per heavy atom. The fourth-order valence-corrected chi connectivity index (χ4v) is 1.91. The number of nitrogens with zero attached hydrogens (tertiary/aromatic N) is 1. The molecule has 0 aromatic heterocycles. The summed E-state index contributed by atoms with van der Waals surface area (Å²) in [7, 11) is 1.82. The zero-order valence-electron chi connectivity index (χ0n) is 11.7. The van der Waals surface area contributed by atoms with E-state index in [1.54, 1.807) is 29.2 Å². The van der Waals surface area contributed by atoms with E-state index < -0.39 is 5.97 Å². The van der Waals surface area contributed by atoms with Crippen LogP contribution in [0.1, 0.15) is 36.2 Å². The second-order valence-electron chi connectivity index (χ2n) is 5.17. The van der Waals surface area contributed by atoms with Crippen molar-refractivity contribution >= 4 is 11.9 Å². The Balaban J connectivity index is 2.48. The molecule has 0 atom stereocenters. The summed E-state index contributed by atoms with van der Waals surface area (Å²) in [5.41, 5.74) is 1.25. The lowest BCUT2D eigenvalue weighted by atomic mass is 10.1. The van der Waals surface area contributed by atoms with Crippen LogP contribution in [0.25, 0.3) is 0 Å². The van der Waals surface area contributed by atoms with Gasteiger partial charge in [-0.25, -0.2) is 4.79 Å². The van der Waals surface area contributed by atoms with Crippen molar-refractivity contribution in [3.8, 4) is 0 Å². The van der Waals surface area contributed by atoms with Crippen LogP contribution in [0.3, 0.4) is 0 Å². The average Bonchev–Trinajstić information content (AvgIpc) is 2.35. The van der Waals surface area contributed by atoms with Crippen LogP contribution in [0.5, 0.6) is 0 Å². The Labute approximate surface area is 114 Å². The smallest absolute Gasteiger partial charge is 0.335 e. The molecule has 0 saturated carbocycles. The molecule has 0 heterocycles. The highest BCUT2D eigenvalue weighted by Crippen LogP contribution is 2.08. The van der Waals surface area contributed by atoms with Crippen LogP contribution < -0.4 is 0 Å². The minimum Gasteiger partial charge on any atom is -0.478 e. The van der Waals surface area contributed by atoms with Gasteiger partial charge >= 0.3 is 5.97 Å². The topological polar surface area (TPSA) is 57.6 Å². The number of amides is 1. The van der Waals surface area contributed by atoms with E-state index in [9.17, 15) is 9.59 Å². The molecule has 4 heteroatoms. The van der Waals surface area contributed by atoms with Gasteiger partial charge in [0, 0.05) is 20.0 Å². The zero-order chi connectivity index (χ0) is 14.4. The van der Waals surface area contributed by atoms with Crippen LogP contribution in [0.15, 0.2) is 24.3 Å². The lowest BCUT2D eigenvalue weighted by Crippen LogP contribution is -2.30. The molecule has 1 aromatic carbocycles. The molecule has 19 heavy (non-hydrogen) atoms. The van der Waals surface area contributed by atoms with Crippen molar-refractivity contribution in [2.24, 2.45) is 5.92 Å². The van der Waals surface area contributed by atoms with Gasteiger partial charge in [0.2, 0.25) is 5.91 Å². The maximum atomic E-state index is 11.9. The first kappa shape index (κ1) is 15.2. The Hall–Kier alpha value is -1.84. The number of hydrogen-bond donors (Lipinski definition) is 1. The molecule has 0 unspecified atom stereocenters. The summed E-state index contributed by atoms with van der Waals surface area (Å²) in [4.78, 5) is 24.3. The van der Waals surface area contributed by atoms with Gasteiger partial charge in [0.05, 0.1) is 5.56 Å². The molecule has 1 aromatic rings. The molecule has 104 valence electrons. The fourth-order valence-electron chi connectivity index (χ4n) is 1.91. The van der Waals surface area contributed by atoms with E-state index in [-0.39, 0.29) is 11.5 Å². The number of carboxylic acids is 1. The summed E-state index contributed by atoms with van der Waals surface area (Å²) in [6, 6.07) is 6.66. The second-order valence-corrected chi connectivity index (χ2v) is 5.17. The Morgan fingerprint density at radius 1 is 1.21 bits per heavy atom. The quantitative estimate of drug-likeness (QED) is 0.857. The van der Waals surface area contributed by atoms with Crippen molar-refractivity contribution in [3.05, 3.63) is 35.4 Å². The normalized spacial score (nSPS) is 10.5. The number of carbonyl (C=O) groups excluding carboxylic acids is 1.